The molecular formula is C42H57N7O8S4. The summed E-state index contributed by atoms with van der Waals surface area (Å²) in [5, 5.41) is 17.5. The molecule has 6 aliphatic rings. The molecule has 10 rings (SSSR count). The number of amides is 2. The predicted octanol–water partition coefficient (Wildman–Crippen LogP) is 5.04. The Kier molecular flexibility index (Phi) is 13.9. The van der Waals surface area contributed by atoms with E-state index < -0.39 is 20.0 Å². The first kappa shape index (κ1) is 44.6. The Morgan fingerprint density at radius 1 is 0.672 bits per heavy atom. The van der Waals surface area contributed by atoms with Crippen LogP contribution in [0, 0.1) is 0 Å². The fourth-order valence-electron chi connectivity index (χ4n) is 8.79. The van der Waals surface area contributed by atoms with Gasteiger partial charge in [-0.1, -0.05) is 43.3 Å². The SMILES string of the molecule is CCc1ccc(NC(=O)N2CCC3(CC2)NCCO3)cc1.O=S(=O)(c1cccs1)N1CCC2(CC1)NCCO2.O=S(=O)(c1csc2ccccc12)N1CCC2(CC1)NCCO2. The molecule has 8 heterocycles. The third-order valence-electron chi connectivity index (χ3n) is 12.5. The van der Waals surface area contributed by atoms with E-state index >= 15 is 0 Å². The minimum atomic E-state index is -3.43. The Bertz CT molecular complexity index is 2280. The lowest BCUT2D eigenvalue weighted by Crippen LogP contribution is -2.53. The van der Waals surface area contributed by atoms with E-state index in [1.165, 1.54) is 28.2 Å². The maximum atomic E-state index is 12.9. The number of sulfonamides is 2. The molecule has 4 aromatic rings. The number of thiophene rings is 2. The Balaban J connectivity index is 0.000000127. The minimum Gasteiger partial charge on any atom is -0.359 e. The molecule has 2 aromatic carbocycles. The lowest BCUT2D eigenvalue weighted by molar-refractivity contribution is -0.0487. The van der Waals surface area contributed by atoms with Crippen LogP contribution in [0.5, 0.6) is 0 Å². The fourth-order valence-corrected chi connectivity index (χ4v) is 14.3. The molecule has 3 spiro atoms. The number of carbonyl (C=O) groups excluding carboxylic acids is 1. The average Bonchev–Trinajstić information content (AvgIpc) is 4.15. The Hall–Kier alpha value is -3.05. The topological polar surface area (TPSA) is 171 Å². The minimum absolute atomic E-state index is 0.0212. The molecule has 0 radical (unpaired) electrons. The van der Waals surface area contributed by atoms with Crippen molar-refractivity contribution in [1.29, 1.82) is 0 Å². The van der Waals surface area contributed by atoms with Crippen molar-refractivity contribution in [2.24, 2.45) is 0 Å². The van der Waals surface area contributed by atoms with Crippen LogP contribution in [-0.4, -0.2) is 132 Å². The van der Waals surface area contributed by atoms with E-state index in [0.29, 0.717) is 54.7 Å². The van der Waals surface area contributed by atoms with Crippen molar-refractivity contribution < 1.29 is 35.8 Å². The fraction of sp³-hybridized carbons (Fsp3) is 0.548. The Morgan fingerprint density at radius 3 is 1.69 bits per heavy atom. The second-order valence-electron chi connectivity index (χ2n) is 16.1. The molecule has 61 heavy (non-hydrogen) atoms. The molecule has 332 valence electrons. The zero-order chi connectivity index (χ0) is 42.6. The first-order chi connectivity index (χ1) is 29.4. The number of carbonyl (C=O) groups is 1. The number of nitrogens with one attached hydrogen (secondary N) is 4. The highest BCUT2D eigenvalue weighted by Gasteiger charge is 2.43. The normalized spacial score (nSPS) is 22.5. The van der Waals surface area contributed by atoms with Crippen molar-refractivity contribution in [3.8, 4) is 0 Å². The maximum Gasteiger partial charge on any atom is 0.321 e. The maximum absolute atomic E-state index is 12.9. The van der Waals surface area contributed by atoms with Crippen LogP contribution < -0.4 is 21.3 Å². The third-order valence-corrected chi connectivity index (χ3v) is 18.8. The summed E-state index contributed by atoms with van der Waals surface area (Å²) in [7, 11) is -6.73. The van der Waals surface area contributed by atoms with Gasteiger partial charge in [0.1, 0.15) is 26.3 Å². The van der Waals surface area contributed by atoms with E-state index in [9.17, 15) is 21.6 Å². The summed E-state index contributed by atoms with van der Waals surface area (Å²) in [6.45, 7) is 10.4. The Labute approximate surface area is 367 Å². The summed E-state index contributed by atoms with van der Waals surface area (Å²) in [6, 6.07) is 19.1. The number of urea groups is 1. The summed E-state index contributed by atoms with van der Waals surface area (Å²) in [5.41, 5.74) is 1.37. The summed E-state index contributed by atoms with van der Waals surface area (Å²) >= 11 is 2.75. The van der Waals surface area contributed by atoms with Gasteiger partial charge < -0.3 is 24.4 Å². The zero-order valence-corrected chi connectivity index (χ0v) is 37.9. The quantitative estimate of drug-likeness (QED) is 0.204. The van der Waals surface area contributed by atoms with E-state index in [0.717, 1.165) is 93.8 Å². The van der Waals surface area contributed by atoms with Gasteiger partial charge in [0, 0.05) is 119 Å². The van der Waals surface area contributed by atoms with E-state index in [2.05, 4.69) is 40.3 Å². The molecule has 0 bridgehead atoms. The summed E-state index contributed by atoms with van der Waals surface area (Å²) in [5.74, 6) is 0. The van der Waals surface area contributed by atoms with E-state index in [4.69, 9.17) is 14.2 Å². The predicted molar refractivity (Wildman–Crippen MR) is 238 cm³/mol. The van der Waals surface area contributed by atoms with Crippen molar-refractivity contribution in [2.45, 2.75) is 78.1 Å². The summed E-state index contributed by atoms with van der Waals surface area (Å²) in [4.78, 5) is 14.6. The molecule has 0 unspecified atom stereocenters. The first-order valence-electron chi connectivity index (χ1n) is 21.3. The monoisotopic (exact) mass is 915 g/mol. The number of likely N-dealkylation sites (tertiary alicyclic amines) is 1. The van der Waals surface area contributed by atoms with Gasteiger partial charge in [0.25, 0.3) is 10.0 Å². The zero-order valence-electron chi connectivity index (χ0n) is 34.6. The number of benzene rings is 2. The lowest BCUT2D eigenvalue weighted by atomic mass is 10.0. The van der Waals surface area contributed by atoms with Crippen LogP contribution in [0.25, 0.3) is 10.1 Å². The van der Waals surface area contributed by atoms with Gasteiger partial charge in [-0.25, -0.2) is 21.6 Å². The van der Waals surface area contributed by atoms with Gasteiger partial charge in [0.05, 0.1) is 19.8 Å². The van der Waals surface area contributed by atoms with Gasteiger partial charge in [-0.05, 0) is 41.6 Å². The van der Waals surface area contributed by atoms with Crippen LogP contribution in [0.4, 0.5) is 10.5 Å². The number of fused-ring (bicyclic) bond motifs is 1. The second-order valence-corrected chi connectivity index (χ2v) is 22.0. The van der Waals surface area contributed by atoms with Crippen LogP contribution >= 0.6 is 22.7 Å². The molecule has 4 N–H and O–H groups in total. The third kappa shape index (κ3) is 10.0. The molecule has 0 atom stereocenters. The van der Waals surface area contributed by atoms with Gasteiger partial charge in [-0.15, -0.1) is 22.7 Å². The molecule has 6 fully saturated rings. The molecule has 6 aliphatic heterocycles. The van der Waals surface area contributed by atoms with E-state index in [1.54, 1.807) is 31.5 Å². The summed E-state index contributed by atoms with van der Waals surface area (Å²) in [6.07, 6.45) is 5.57. The highest BCUT2D eigenvalue weighted by Crippen LogP contribution is 2.35. The molecule has 2 aromatic heterocycles. The van der Waals surface area contributed by atoms with Crippen LogP contribution in [0.2, 0.25) is 0 Å². The number of rotatable bonds is 6. The number of ether oxygens (including phenoxy) is 3. The Morgan fingerprint density at radius 2 is 1.20 bits per heavy atom. The molecule has 2 amide bonds. The highest BCUT2D eigenvalue weighted by molar-refractivity contribution is 7.91. The standard InChI is InChI=1S/C16H23N3O2.C15H18N2O3S2.C11H16N2O3S2/c1-2-13-3-5-14(6-4-13)18-15(20)19-10-7-16(8-11-19)17-9-12-21-16;18-22(19,14-11-21-13-4-2-1-3-12(13)14)17-8-5-15(6-9-17)16-7-10-20-15;14-18(15,10-2-1-9-17-10)13-6-3-11(4-7-13)12-5-8-16-11/h3-6,17H,2,7-12H2,1H3,(H,18,20);1-4,11,16H,5-10H2;1-2,9,12H,3-8H2. The molecule has 15 nitrogen and oxygen atoms in total. The van der Waals surface area contributed by atoms with E-state index in [-0.39, 0.29) is 23.2 Å². The first-order valence-corrected chi connectivity index (χ1v) is 25.9. The molecular weight excluding hydrogens is 859 g/mol. The molecule has 19 heteroatoms. The van der Waals surface area contributed by atoms with Crippen molar-refractivity contribution in [3.05, 3.63) is 77.0 Å². The van der Waals surface area contributed by atoms with Gasteiger partial charge in [0.15, 0.2) is 0 Å². The van der Waals surface area contributed by atoms with Crippen molar-refractivity contribution in [1.82, 2.24) is 29.5 Å². The van der Waals surface area contributed by atoms with Crippen LogP contribution in [-0.2, 0) is 40.7 Å². The molecule has 0 aliphatic carbocycles. The average molecular weight is 916 g/mol. The number of nitrogens with zero attached hydrogens (tertiary/aromatic N) is 3. The van der Waals surface area contributed by atoms with E-state index in [1.807, 2.05) is 41.3 Å². The summed E-state index contributed by atoms with van der Waals surface area (Å²) < 4.78 is 72.4. The smallest absolute Gasteiger partial charge is 0.321 e. The van der Waals surface area contributed by atoms with Crippen LogP contribution in [0.15, 0.2) is 80.5 Å². The van der Waals surface area contributed by atoms with Gasteiger partial charge >= 0.3 is 6.03 Å². The number of piperidine rings is 3. The highest BCUT2D eigenvalue weighted by atomic mass is 32.2. The van der Waals surface area contributed by atoms with Crippen LogP contribution in [0.1, 0.15) is 51.0 Å². The lowest BCUT2D eigenvalue weighted by Gasteiger charge is -2.38. The largest absolute Gasteiger partial charge is 0.359 e. The van der Waals surface area contributed by atoms with Gasteiger partial charge in [-0.3, -0.25) is 16.0 Å². The molecule has 0 saturated carbocycles. The van der Waals surface area contributed by atoms with Crippen molar-refractivity contribution >= 4 is 64.5 Å². The second kappa shape index (κ2) is 19.0. The number of hydrogen-bond donors (Lipinski definition) is 4. The molecule has 6 saturated heterocycles. The number of anilines is 1. The van der Waals surface area contributed by atoms with Gasteiger partial charge in [-0.2, -0.15) is 8.61 Å². The number of aryl methyl sites for hydroxylation is 1. The van der Waals surface area contributed by atoms with Crippen molar-refractivity contribution in [3.63, 3.8) is 0 Å². The van der Waals surface area contributed by atoms with Gasteiger partial charge in [0.2, 0.25) is 10.0 Å². The number of hydrogen-bond acceptors (Lipinski definition) is 13. The van der Waals surface area contributed by atoms with Crippen molar-refractivity contribution in [2.75, 3.05) is 84.0 Å². The van der Waals surface area contributed by atoms with Crippen LogP contribution in [0.3, 0.4) is 0 Å².